The van der Waals surface area contributed by atoms with Crippen LogP contribution in [0.2, 0.25) is 0 Å². The monoisotopic (exact) mass is 283 g/mol. The molecule has 0 saturated heterocycles. The molecule has 1 aliphatic carbocycles. The van der Waals surface area contributed by atoms with Gasteiger partial charge in [-0.1, -0.05) is 24.3 Å². The summed E-state index contributed by atoms with van der Waals surface area (Å²) in [6.07, 6.45) is 2.28. The summed E-state index contributed by atoms with van der Waals surface area (Å²) in [7, 11) is 5.37. The topological polar surface area (TPSA) is 30.5 Å². The van der Waals surface area contributed by atoms with E-state index in [9.17, 15) is 0 Å². The molecule has 0 saturated carbocycles. The largest absolute Gasteiger partial charge is 0.493 e. The second-order valence-electron chi connectivity index (χ2n) is 5.32. The second-order valence-corrected chi connectivity index (χ2v) is 5.32. The maximum atomic E-state index is 5.42. The molecular weight excluding hydrogens is 262 g/mol. The average Bonchev–Trinajstić information content (AvgIpc) is 2.97. The Balaban J connectivity index is 2.08. The third kappa shape index (κ3) is 2.38. The maximum Gasteiger partial charge on any atom is 0.161 e. The molecule has 0 heterocycles. The smallest absolute Gasteiger partial charge is 0.161 e. The van der Waals surface area contributed by atoms with Crippen LogP contribution in [0.25, 0.3) is 11.1 Å². The second kappa shape index (κ2) is 5.78. The fraction of sp³-hybridized carbons (Fsp3) is 0.333. The summed E-state index contributed by atoms with van der Waals surface area (Å²) in [6.45, 7) is 0. The quantitative estimate of drug-likeness (QED) is 0.930. The number of rotatable bonds is 4. The van der Waals surface area contributed by atoms with Crippen LogP contribution in [0.5, 0.6) is 11.5 Å². The summed E-state index contributed by atoms with van der Waals surface area (Å²) < 4.78 is 10.7. The predicted octanol–water partition coefficient (Wildman–Crippen LogP) is 3.58. The number of ether oxygens (including phenoxy) is 2. The molecular formula is C18H21NO2. The molecule has 0 fully saturated rings. The lowest BCUT2D eigenvalue weighted by Gasteiger charge is -2.14. The molecule has 110 valence electrons. The van der Waals surface area contributed by atoms with E-state index in [1.54, 1.807) is 14.2 Å². The Bertz CT molecular complexity index is 652. The van der Waals surface area contributed by atoms with Crippen LogP contribution in [-0.4, -0.2) is 21.3 Å². The summed E-state index contributed by atoms with van der Waals surface area (Å²) in [4.78, 5) is 0. The van der Waals surface area contributed by atoms with Gasteiger partial charge in [-0.15, -0.1) is 0 Å². The van der Waals surface area contributed by atoms with Crippen molar-refractivity contribution in [1.29, 1.82) is 0 Å². The van der Waals surface area contributed by atoms with Crippen LogP contribution < -0.4 is 14.8 Å². The number of methoxy groups -OCH3 is 2. The van der Waals surface area contributed by atoms with E-state index in [4.69, 9.17) is 9.47 Å². The van der Waals surface area contributed by atoms with Crippen molar-refractivity contribution in [3.05, 3.63) is 47.5 Å². The summed E-state index contributed by atoms with van der Waals surface area (Å²) in [6, 6.07) is 13.2. The summed E-state index contributed by atoms with van der Waals surface area (Å²) in [5, 5.41) is 3.39. The van der Waals surface area contributed by atoms with Crippen molar-refractivity contribution < 1.29 is 9.47 Å². The average molecular weight is 283 g/mol. The van der Waals surface area contributed by atoms with E-state index < -0.39 is 0 Å². The molecule has 0 spiro atoms. The Morgan fingerprint density at radius 2 is 1.86 bits per heavy atom. The van der Waals surface area contributed by atoms with Gasteiger partial charge in [0.2, 0.25) is 0 Å². The molecule has 0 aromatic heterocycles. The molecule has 0 bridgehead atoms. The highest BCUT2D eigenvalue weighted by molar-refractivity contribution is 5.72. The van der Waals surface area contributed by atoms with Gasteiger partial charge in [0.1, 0.15) is 0 Å². The Kier molecular flexibility index (Phi) is 3.84. The third-order valence-corrected chi connectivity index (χ3v) is 4.31. The van der Waals surface area contributed by atoms with Gasteiger partial charge in [0.25, 0.3) is 0 Å². The number of benzene rings is 2. The van der Waals surface area contributed by atoms with Crippen molar-refractivity contribution in [2.75, 3.05) is 21.3 Å². The molecule has 3 heteroatoms. The molecule has 1 aliphatic rings. The molecule has 1 unspecified atom stereocenters. The molecule has 2 aromatic carbocycles. The van der Waals surface area contributed by atoms with Gasteiger partial charge in [0.15, 0.2) is 11.5 Å². The molecule has 21 heavy (non-hydrogen) atoms. The fourth-order valence-corrected chi connectivity index (χ4v) is 3.23. The lowest BCUT2D eigenvalue weighted by Crippen LogP contribution is -2.12. The van der Waals surface area contributed by atoms with Gasteiger partial charge in [-0.25, -0.2) is 0 Å². The number of hydrogen-bond acceptors (Lipinski definition) is 3. The van der Waals surface area contributed by atoms with Crippen LogP contribution in [0.3, 0.4) is 0 Å². The standard InChI is InChI=1S/C18H21NO2/c1-19-16-9-8-14-13(5-4-6-15(14)16)12-7-10-17(20-2)18(11-12)21-3/h4-7,10-11,16,19H,8-9H2,1-3H3. The summed E-state index contributed by atoms with van der Waals surface area (Å²) in [5.41, 5.74) is 5.35. The van der Waals surface area contributed by atoms with E-state index >= 15 is 0 Å². The Labute approximate surface area is 125 Å². The SMILES string of the molecule is CNC1CCc2c(-c3ccc(OC)c(OC)c3)cccc21. The van der Waals surface area contributed by atoms with Crippen molar-refractivity contribution in [2.24, 2.45) is 0 Å². The van der Waals surface area contributed by atoms with Crippen LogP contribution in [0.4, 0.5) is 0 Å². The van der Waals surface area contributed by atoms with E-state index in [0.717, 1.165) is 24.3 Å². The zero-order valence-electron chi connectivity index (χ0n) is 12.8. The van der Waals surface area contributed by atoms with Crippen molar-refractivity contribution >= 4 is 0 Å². The minimum atomic E-state index is 0.472. The van der Waals surface area contributed by atoms with Crippen molar-refractivity contribution in [1.82, 2.24) is 5.32 Å². The molecule has 0 radical (unpaired) electrons. The minimum Gasteiger partial charge on any atom is -0.493 e. The Hall–Kier alpha value is -2.00. The summed E-state index contributed by atoms with van der Waals surface area (Å²) >= 11 is 0. The molecule has 0 aliphatic heterocycles. The van der Waals surface area contributed by atoms with E-state index in [-0.39, 0.29) is 0 Å². The first-order valence-corrected chi connectivity index (χ1v) is 7.30. The maximum absolute atomic E-state index is 5.42. The van der Waals surface area contributed by atoms with Gasteiger partial charge in [-0.2, -0.15) is 0 Å². The van der Waals surface area contributed by atoms with Crippen LogP contribution in [0.15, 0.2) is 36.4 Å². The molecule has 0 amide bonds. The van der Waals surface area contributed by atoms with Gasteiger partial charge in [0, 0.05) is 6.04 Å². The lowest BCUT2D eigenvalue weighted by atomic mass is 9.96. The van der Waals surface area contributed by atoms with Crippen molar-refractivity contribution in [3.8, 4) is 22.6 Å². The highest BCUT2D eigenvalue weighted by Gasteiger charge is 2.23. The molecule has 3 rings (SSSR count). The number of hydrogen-bond donors (Lipinski definition) is 1. The zero-order chi connectivity index (χ0) is 14.8. The van der Waals surface area contributed by atoms with Crippen LogP contribution >= 0.6 is 0 Å². The van der Waals surface area contributed by atoms with Gasteiger partial charge >= 0.3 is 0 Å². The molecule has 1 N–H and O–H groups in total. The third-order valence-electron chi connectivity index (χ3n) is 4.31. The van der Waals surface area contributed by atoms with Gasteiger partial charge in [-0.05, 0) is 54.3 Å². The van der Waals surface area contributed by atoms with Gasteiger partial charge in [-0.3, -0.25) is 0 Å². The van der Waals surface area contributed by atoms with Gasteiger partial charge < -0.3 is 14.8 Å². The van der Waals surface area contributed by atoms with E-state index in [1.165, 1.54) is 22.3 Å². The van der Waals surface area contributed by atoms with Crippen molar-refractivity contribution in [3.63, 3.8) is 0 Å². The predicted molar refractivity (Wildman–Crippen MR) is 85.1 cm³/mol. The summed E-state index contributed by atoms with van der Waals surface area (Å²) in [5.74, 6) is 1.54. The Morgan fingerprint density at radius 1 is 1.05 bits per heavy atom. The first kappa shape index (κ1) is 14.0. The van der Waals surface area contributed by atoms with Crippen LogP contribution in [-0.2, 0) is 6.42 Å². The lowest BCUT2D eigenvalue weighted by molar-refractivity contribution is 0.355. The molecule has 1 atom stereocenters. The highest BCUT2D eigenvalue weighted by atomic mass is 16.5. The van der Waals surface area contributed by atoms with Crippen LogP contribution in [0.1, 0.15) is 23.6 Å². The van der Waals surface area contributed by atoms with E-state index in [0.29, 0.717) is 6.04 Å². The zero-order valence-corrected chi connectivity index (χ0v) is 12.8. The van der Waals surface area contributed by atoms with E-state index in [1.807, 2.05) is 13.1 Å². The molecule has 3 nitrogen and oxygen atoms in total. The normalized spacial score (nSPS) is 16.6. The first-order valence-electron chi connectivity index (χ1n) is 7.30. The number of nitrogens with one attached hydrogen (secondary N) is 1. The van der Waals surface area contributed by atoms with Gasteiger partial charge in [0.05, 0.1) is 14.2 Å². The number of fused-ring (bicyclic) bond motifs is 1. The van der Waals surface area contributed by atoms with Crippen LogP contribution in [0, 0.1) is 0 Å². The Morgan fingerprint density at radius 3 is 2.57 bits per heavy atom. The fourth-order valence-electron chi connectivity index (χ4n) is 3.23. The highest BCUT2D eigenvalue weighted by Crippen LogP contribution is 2.39. The first-order chi connectivity index (χ1) is 10.3. The minimum absolute atomic E-state index is 0.472. The molecule has 2 aromatic rings. The van der Waals surface area contributed by atoms with Crippen molar-refractivity contribution in [2.45, 2.75) is 18.9 Å². The van der Waals surface area contributed by atoms with E-state index in [2.05, 4.69) is 35.6 Å².